The predicted molar refractivity (Wildman–Crippen MR) is 59.0 cm³/mol. The third-order valence-corrected chi connectivity index (χ3v) is 2.32. The Kier molecular flexibility index (Phi) is 2.47. The highest BCUT2D eigenvalue weighted by molar-refractivity contribution is 6.31. The highest BCUT2D eigenvalue weighted by atomic mass is 35.5. The quantitative estimate of drug-likeness (QED) is 0.627. The van der Waals surface area contributed by atoms with Gasteiger partial charge >= 0.3 is 0 Å². The molecule has 0 amide bonds. The van der Waals surface area contributed by atoms with Crippen LogP contribution in [0.5, 0.6) is 0 Å². The molecule has 0 radical (unpaired) electrons. The van der Waals surface area contributed by atoms with Gasteiger partial charge in [0.1, 0.15) is 5.76 Å². The van der Waals surface area contributed by atoms with Crippen LogP contribution in [-0.2, 0) is 0 Å². The standard InChI is InChI=1S/C11H8ClNO2/c12-8-1-2-10(13)9(5-8)11-7(6-14)3-4-15-11/h1-6H,13H2. The molecule has 1 heterocycles. The van der Waals surface area contributed by atoms with Crippen LogP contribution in [0.25, 0.3) is 11.3 Å². The maximum absolute atomic E-state index is 10.7. The van der Waals surface area contributed by atoms with Gasteiger partial charge < -0.3 is 10.2 Å². The van der Waals surface area contributed by atoms with Gasteiger partial charge in [-0.05, 0) is 24.3 Å². The molecule has 2 aromatic rings. The third kappa shape index (κ3) is 1.74. The van der Waals surface area contributed by atoms with Gasteiger partial charge in [0.05, 0.1) is 11.8 Å². The smallest absolute Gasteiger partial charge is 0.153 e. The molecule has 1 aromatic heterocycles. The summed E-state index contributed by atoms with van der Waals surface area (Å²) in [5.74, 6) is 0.449. The van der Waals surface area contributed by atoms with Gasteiger partial charge in [-0.1, -0.05) is 11.6 Å². The van der Waals surface area contributed by atoms with Crippen LogP contribution in [0.15, 0.2) is 34.9 Å². The third-order valence-electron chi connectivity index (χ3n) is 2.08. The zero-order chi connectivity index (χ0) is 10.8. The lowest BCUT2D eigenvalue weighted by atomic mass is 10.1. The van der Waals surface area contributed by atoms with Crippen molar-refractivity contribution in [3.63, 3.8) is 0 Å². The second-order valence-corrected chi connectivity index (χ2v) is 3.49. The first kappa shape index (κ1) is 9.80. The molecule has 0 bridgehead atoms. The Morgan fingerprint density at radius 3 is 2.87 bits per heavy atom. The molecule has 0 aliphatic rings. The largest absolute Gasteiger partial charge is 0.464 e. The molecule has 0 aliphatic carbocycles. The molecule has 4 heteroatoms. The predicted octanol–water partition coefficient (Wildman–Crippen LogP) is 2.99. The van der Waals surface area contributed by atoms with Crippen LogP contribution in [0.4, 0.5) is 5.69 Å². The molecule has 3 nitrogen and oxygen atoms in total. The van der Waals surface area contributed by atoms with Gasteiger partial charge in [0.15, 0.2) is 6.29 Å². The number of rotatable bonds is 2. The summed E-state index contributed by atoms with van der Waals surface area (Å²) < 4.78 is 5.21. The summed E-state index contributed by atoms with van der Waals surface area (Å²) in [6, 6.07) is 6.62. The molecule has 0 saturated heterocycles. The molecular formula is C11H8ClNO2. The number of nitrogens with two attached hydrogens (primary N) is 1. The van der Waals surface area contributed by atoms with Crippen molar-refractivity contribution < 1.29 is 9.21 Å². The van der Waals surface area contributed by atoms with E-state index in [4.69, 9.17) is 21.8 Å². The van der Waals surface area contributed by atoms with E-state index in [9.17, 15) is 4.79 Å². The van der Waals surface area contributed by atoms with E-state index in [0.717, 1.165) is 6.29 Å². The normalized spacial score (nSPS) is 10.2. The van der Waals surface area contributed by atoms with Gasteiger partial charge in [-0.15, -0.1) is 0 Å². The van der Waals surface area contributed by atoms with Crippen LogP contribution >= 0.6 is 11.6 Å². The molecule has 0 fully saturated rings. The fourth-order valence-electron chi connectivity index (χ4n) is 1.36. The van der Waals surface area contributed by atoms with Gasteiger partial charge in [0.2, 0.25) is 0 Å². The van der Waals surface area contributed by atoms with E-state index in [0.29, 0.717) is 27.6 Å². The van der Waals surface area contributed by atoms with E-state index >= 15 is 0 Å². The number of hydrogen-bond acceptors (Lipinski definition) is 3. The van der Waals surface area contributed by atoms with Crippen molar-refractivity contribution >= 4 is 23.6 Å². The van der Waals surface area contributed by atoms with Gasteiger partial charge in [0.25, 0.3) is 0 Å². The zero-order valence-corrected chi connectivity index (χ0v) is 8.49. The van der Waals surface area contributed by atoms with Gasteiger partial charge in [-0.3, -0.25) is 4.79 Å². The minimum Gasteiger partial charge on any atom is -0.464 e. The number of hydrogen-bond donors (Lipinski definition) is 1. The van der Waals surface area contributed by atoms with Gasteiger partial charge in [0, 0.05) is 16.3 Å². The van der Waals surface area contributed by atoms with E-state index in [1.54, 1.807) is 24.3 Å². The van der Waals surface area contributed by atoms with E-state index < -0.39 is 0 Å². The summed E-state index contributed by atoms with van der Waals surface area (Å²) in [5.41, 5.74) is 7.39. The summed E-state index contributed by atoms with van der Waals surface area (Å²) >= 11 is 5.84. The number of nitrogen functional groups attached to an aromatic ring is 1. The zero-order valence-electron chi connectivity index (χ0n) is 7.74. The summed E-state index contributed by atoms with van der Waals surface area (Å²) in [4.78, 5) is 10.7. The summed E-state index contributed by atoms with van der Waals surface area (Å²) in [7, 11) is 0. The molecule has 0 atom stereocenters. The number of anilines is 1. The Bertz CT molecular complexity index is 505. The van der Waals surface area contributed by atoms with Crippen LogP contribution in [0.1, 0.15) is 10.4 Å². The van der Waals surface area contributed by atoms with Crippen molar-refractivity contribution in [3.8, 4) is 11.3 Å². The average molecular weight is 222 g/mol. The first-order chi connectivity index (χ1) is 7.22. The van der Waals surface area contributed by atoms with E-state index in [1.165, 1.54) is 6.26 Å². The van der Waals surface area contributed by atoms with Crippen LogP contribution in [0.2, 0.25) is 5.02 Å². The maximum atomic E-state index is 10.7. The van der Waals surface area contributed by atoms with E-state index in [1.807, 2.05) is 0 Å². The van der Waals surface area contributed by atoms with Crippen molar-refractivity contribution in [3.05, 3.63) is 41.1 Å². The minimum absolute atomic E-state index is 0.449. The van der Waals surface area contributed by atoms with Crippen LogP contribution in [0.3, 0.4) is 0 Å². The molecule has 0 unspecified atom stereocenters. The second kappa shape index (κ2) is 3.79. The number of aldehydes is 1. The summed E-state index contributed by atoms with van der Waals surface area (Å²) in [6.07, 6.45) is 2.17. The Morgan fingerprint density at radius 2 is 2.13 bits per heavy atom. The molecule has 1 aromatic carbocycles. The first-order valence-corrected chi connectivity index (χ1v) is 4.68. The SMILES string of the molecule is Nc1ccc(Cl)cc1-c1occc1C=O. The number of furan rings is 1. The monoisotopic (exact) mass is 221 g/mol. The number of halogens is 1. The Labute approximate surface area is 91.5 Å². The van der Waals surface area contributed by atoms with Crippen molar-refractivity contribution in [2.45, 2.75) is 0 Å². The molecule has 15 heavy (non-hydrogen) atoms. The average Bonchev–Trinajstić information content (AvgIpc) is 2.69. The summed E-state index contributed by atoms with van der Waals surface area (Å²) in [6.45, 7) is 0. The highest BCUT2D eigenvalue weighted by Crippen LogP contribution is 2.31. The Balaban J connectivity index is 2.62. The number of carbonyl (C=O) groups excluding carboxylic acids is 1. The van der Waals surface area contributed by atoms with Crippen molar-refractivity contribution in [1.82, 2.24) is 0 Å². The van der Waals surface area contributed by atoms with E-state index in [2.05, 4.69) is 0 Å². The van der Waals surface area contributed by atoms with Gasteiger partial charge in [-0.25, -0.2) is 0 Å². The van der Waals surface area contributed by atoms with Gasteiger partial charge in [-0.2, -0.15) is 0 Å². The maximum Gasteiger partial charge on any atom is 0.153 e. The fourth-order valence-corrected chi connectivity index (χ4v) is 1.53. The van der Waals surface area contributed by atoms with Crippen molar-refractivity contribution in [2.24, 2.45) is 0 Å². The molecule has 76 valence electrons. The van der Waals surface area contributed by atoms with Crippen LogP contribution < -0.4 is 5.73 Å². The minimum atomic E-state index is 0.449. The molecule has 2 N–H and O–H groups in total. The Morgan fingerprint density at radius 1 is 1.33 bits per heavy atom. The fraction of sp³-hybridized carbons (Fsp3) is 0. The number of benzene rings is 1. The first-order valence-electron chi connectivity index (χ1n) is 4.30. The molecule has 0 spiro atoms. The number of carbonyl (C=O) groups is 1. The highest BCUT2D eigenvalue weighted by Gasteiger charge is 2.11. The topological polar surface area (TPSA) is 56.2 Å². The molecular weight excluding hydrogens is 214 g/mol. The van der Waals surface area contributed by atoms with E-state index in [-0.39, 0.29) is 0 Å². The van der Waals surface area contributed by atoms with Crippen molar-refractivity contribution in [1.29, 1.82) is 0 Å². The molecule has 0 saturated carbocycles. The lowest BCUT2D eigenvalue weighted by Crippen LogP contribution is -1.90. The lowest BCUT2D eigenvalue weighted by Gasteiger charge is -2.03. The van der Waals surface area contributed by atoms with Crippen LogP contribution in [-0.4, -0.2) is 6.29 Å². The molecule has 0 aliphatic heterocycles. The van der Waals surface area contributed by atoms with Crippen LogP contribution in [0, 0.1) is 0 Å². The second-order valence-electron chi connectivity index (χ2n) is 3.05. The molecule has 2 rings (SSSR count). The Hall–Kier alpha value is -1.74. The van der Waals surface area contributed by atoms with Crippen molar-refractivity contribution in [2.75, 3.05) is 5.73 Å². The summed E-state index contributed by atoms with van der Waals surface area (Å²) in [5, 5.41) is 0.549. The lowest BCUT2D eigenvalue weighted by molar-refractivity contribution is 0.112.